The van der Waals surface area contributed by atoms with Gasteiger partial charge in [0.15, 0.2) is 0 Å². The van der Waals surface area contributed by atoms with Crippen LogP contribution in [0.1, 0.15) is 18.4 Å². The van der Waals surface area contributed by atoms with Gasteiger partial charge in [-0.05, 0) is 45.1 Å². The van der Waals surface area contributed by atoms with Gasteiger partial charge in [-0.25, -0.2) is 0 Å². The Morgan fingerprint density at radius 1 is 1.38 bits per heavy atom. The van der Waals surface area contributed by atoms with E-state index >= 15 is 0 Å². The lowest BCUT2D eigenvalue weighted by atomic mass is 10.2. The second kappa shape index (κ2) is 6.72. The quantitative estimate of drug-likeness (QED) is 0.854. The fourth-order valence-corrected chi connectivity index (χ4v) is 2.57. The molecule has 0 bridgehead atoms. The lowest BCUT2D eigenvalue weighted by molar-refractivity contribution is -0.133. The average Bonchev–Trinajstić information content (AvgIpc) is 2.88. The molecule has 1 aliphatic heterocycles. The van der Waals surface area contributed by atoms with Crippen LogP contribution in [0.2, 0.25) is 0 Å². The number of hydrogen-bond donors (Lipinski definition) is 1. The number of nitrogens with one attached hydrogen (secondary N) is 1. The van der Waals surface area contributed by atoms with E-state index in [0.29, 0.717) is 12.6 Å². The predicted octanol–water partition coefficient (Wildman–Crippen LogP) is 1.49. The minimum Gasteiger partial charge on any atom is -0.341 e. The lowest BCUT2D eigenvalue weighted by Crippen LogP contribution is -2.36. The van der Waals surface area contributed by atoms with Crippen molar-refractivity contribution < 1.29 is 9.59 Å². The number of likely N-dealkylation sites (N-methyl/N-ethyl adjacent to an activating group) is 1. The van der Waals surface area contributed by atoms with E-state index in [1.165, 1.54) is 0 Å². The van der Waals surface area contributed by atoms with Crippen molar-refractivity contribution in [1.29, 1.82) is 0 Å². The Morgan fingerprint density at radius 3 is 2.76 bits per heavy atom. The number of carbonyl (C=O) groups is 2. The first-order valence-corrected chi connectivity index (χ1v) is 7.26. The van der Waals surface area contributed by atoms with Crippen LogP contribution in [-0.4, -0.2) is 54.8 Å². The van der Waals surface area contributed by atoms with Crippen molar-refractivity contribution in [2.24, 2.45) is 0 Å². The van der Waals surface area contributed by atoms with Crippen molar-refractivity contribution in [2.75, 3.05) is 32.5 Å². The molecule has 0 unspecified atom stereocenters. The predicted molar refractivity (Wildman–Crippen MR) is 83.1 cm³/mol. The molecule has 1 atom stereocenters. The first-order chi connectivity index (χ1) is 9.95. The SMILES string of the molecule is Cc1cccc(NC(=O)CC(=O)N2CC[C@H](N(C)C)C2)c1. The molecule has 1 saturated heterocycles. The normalized spacial score (nSPS) is 18.1. The minimum atomic E-state index is -0.251. The molecule has 1 aromatic carbocycles. The summed E-state index contributed by atoms with van der Waals surface area (Å²) in [5.41, 5.74) is 1.81. The summed E-state index contributed by atoms with van der Waals surface area (Å²) in [4.78, 5) is 28.0. The number of carbonyl (C=O) groups excluding carboxylic acids is 2. The van der Waals surface area contributed by atoms with Crippen molar-refractivity contribution in [3.05, 3.63) is 29.8 Å². The number of likely N-dealkylation sites (tertiary alicyclic amines) is 1. The molecule has 2 rings (SSSR count). The minimum absolute atomic E-state index is 0.0892. The van der Waals surface area contributed by atoms with Crippen molar-refractivity contribution in [2.45, 2.75) is 25.8 Å². The molecule has 1 fully saturated rings. The van der Waals surface area contributed by atoms with Gasteiger partial charge in [-0.15, -0.1) is 0 Å². The monoisotopic (exact) mass is 289 g/mol. The molecule has 1 N–H and O–H groups in total. The maximum Gasteiger partial charge on any atom is 0.233 e. The summed E-state index contributed by atoms with van der Waals surface area (Å²) in [7, 11) is 4.03. The van der Waals surface area contributed by atoms with Crippen molar-refractivity contribution >= 4 is 17.5 Å². The van der Waals surface area contributed by atoms with Crippen LogP contribution in [0.4, 0.5) is 5.69 Å². The van der Waals surface area contributed by atoms with Crippen LogP contribution in [0, 0.1) is 6.92 Å². The zero-order valence-corrected chi connectivity index (χ0v) is 12.9. The van der Waals surface area contributed by atoms with Gasteiger partial charge in [-0.3, -0.25) is 9.59 Å². The highest BCUT2D eigenvalue weighted by Crippen LogP contribution is 2.15. The maximum atomic E-state index is 12.1. The van der Waals surface area contributed by atoms with Crippen LogP contribution < -0.4 is 5.32 Å². The lowest BCUT2D eigenvalue weighted by Gasteiger charge is -2.20. The van der Waals surface area contributed by atoms with E-state index in [9.17, 15) is 9.59 Å². The molecule has 0 aromatic heterocycles. The van der Waals surface area contributed by atoms with Gasteiger partial charge in [-0.1, -0.05) is 12.1 Å². The summed E-state index contributed by atoms with van der Waals surface area (Å²) in [5, 5.41) is 2.77. The summed E-state index contributed by atoms with van der Waals surface area (Å²) in [6, 6.07) is 7.96. The van der Waals surface area contributed by atoms with Crippen LogP contribution in [0.15, 0.2) is 24.3 Å². The largest absolute Gasteiger partial charge is 0.341 e. The van der Waals surface area contributed by atoms with Gasteiger partial charge in [-0.2, -0.15) is 0 Å². The molecule has 1 heterocycles. The second-order valence-corrected chi connectivity index (χ2v) is 5.84. The molecule has 2 amide bonds. The van der Waals surface area contributed by atoms with Gasteiger partial charge in [0.05, 0.1) is 0 Å². The fourth-order valence-electron chi connectivity index (χ4n) is 2.57. The second-order valence-electron chi connectivity index (χ2n) is 5.84. The highest BCUT2D eigenvalue weighted by molar-refractivity contribution is 6.03. The van der Waals surface area contributed by atoms with Gasteiger partial charge in [0.1, 0.15) is 6.42 Å². The summed E-state index contributed by atoms with van der Waals surface area (Å²) in [6.45, 7) is 3.41. The van der Waals surface area contributed by atoms with Gasteiger partial charge >= 0.3 is 0 Å². The Hall–Kier alpha value is -1.88. The number of nitrogens with zero attached hydrogens (tertiary/aromatic N) is 2. The van der Waals surface area contributed by atoms with Crippen molar-refractivity contribution in [3.8, 4) is 0 Å². The molecule has 5 heteroatoms. The van der Waals surface area contributed by atoms with Gasteiger partial charge in [0.2, 0.25) is 11.8 Å². The highest BCUT2D eigenvalue weighted by atomic mass is 16.2. The number of benzene rings is 1. The van der Waals surface area contributed by atoms with E-state index in [2.05, 4.69) is 10.2 Å². The summed E-state index contributed by atoms with van der Waals surface area (Å²) in [6.07, 6.45) is 0.881. The fraction of sp³-hybridized carbons (Fsp3) is 0.500. The smallest absolute Gasteiger partial charge is 0.233 e. The standard InChI is InChI=1S/C16H23N3O2/c1-12-5-4-6-13(9-12)17-15(20)10-16(21)19-8-7-14(11-19)18(2)3/h4-6,9,14H,7-8,10-11H2,1-3H3,(H,17,20)/t14-/m0/s1. The third-order valence-electron chi connectivity index (χ3n) is 3.86. The summed E-state index contributed by atoms with van der Waals surface area (Å²) >= 11 is 0. The number of aryl methyl sites for hydroxylation is 1. The first-order valence-electron chi connectivity index (χ1n) is 7.26. The molecule has 1 aromatic rings. The molecule has 114 valence electrons. The van der Waals surface area contributed by atoms with E-state index in [0.717, 1.165) is 24.2 Å². The number of anilines is 1. The van der Waals surface area contributed by atoms with Crippen LogP contribution >= 0.6 is 0 Å². The van der Waals surface area contributed by atoms with Crippen LogP contribution in [0.25, 0.3) is 0 Å². The first kappa shape index (κ1) is 15.5. The molecule has 1 aliphatic rings. The number of rotatable bonds is 4. The van der Waals surface area contributed by atoms with Crippen molar-refractivity contribution in [3.63, 3.8) is 0 Å². The zero-order chi connectivity index (χ0) is 15.4. The Kier molecular flexibility index (Phi) is 4.96. The van der Waals surface area contributed by atoms with Gasteiger partial charge in [0.25, 0.3) is 0 Å². The third-order valence-corrected chi connectivity index (χ3v) is 3.86. The number of amides is 2. The Labute approximate surface area is 125 Å². The zero-order valence-electron chi connectivity index (χ0n) is 12.9. The maximum absolute atomic E-state index is 12.1. The molecule has 0 radical (unpaired) electrons. The van der Waals surface area contributed by atoms with E-state index in [-0.39, 0.29) is 18.2 Å². The molecule has 21 heavy (non-hydrogen) atoms. The molecule has 0 aliphatic carbocycles. The van der Waals surface area contributed by atoms with Crippen LogP contribution in [0.3, 0.4) is 0 Å². The molecular weight excluding hydrogens is 266 g/mol. The number of hydrogen-bond acceptors (Lipinski definition) is 3. The summed E-state index contributed by atoms with van der Waals surface area (Å²) < 4.78 is 0. The topological polar surface area (TPSA) is 52.7 Å². The van der Waals surface area contributed by atoms with Crippen LogP contribution in [-0.2, 0) is 9.59 Å². The highest BCUT2D eigenvalue weighted by Gasteiger charge is 2.28. The Morgan fingerprint density at radius 2 is 2.14 bits per heavy atom. The van der Waals surface area contributed by atoms with Crippen LogP contribution in [0.5, 0.6) is 0 Å². The Balaban J connectivity index is 1.84. The van der Waals surface area contributed by atoms with E-state index in [4.69, 9.17) is 0 Å². The van der Waals surface area contributed by atoms with Gasteiger partial charge < -0.3 is 15.1 Å². The summed E-state index contributed by atoms with van der Waals surface area (Å²) in [5.74, 6) is -0.344. The molecule has 0 saturated carbocycles. The van der Waals surface area contributed by atoms with Gasteiger partial charge in [0, 0.05) is 24.8 Å². The Bertz CT molecular complexity index is 528. The molecular formula is C16H23N3O2. The van der Waals surface area contributed by atoms with E-state index in [1.807, 2.05) is 45.3 Å². The molecule has 0 spiro atoms. The van der Waals surface area contributed by atoms with E-state index in [1.54, 1.807) is 4.90 Å². The molecule has 5 nitrogen and oxygen atoms in total. The van der Waals surface area contributed by atoms with Crippen molar-refractivity contribution in [1.82, 2.24) is 9.80 Å². The van der Waals surface area contributed by atoms with E-state index < -0.39 is 0 Å². The average molecular weight is 289 g/mol. The third kappa shape index (κ3) is 4.29.